The van der Waals surface area contributed by atoms with Crippen molar-refractivity contribution in [3.63, 3.8) is 0 Å². The topological polar surface area (TPSA) is 51.9 Å². The van der Waals surface area contributed by atoms with E-state index in [1.807, 2.05) is 18.2 Å². The standard InChI is InChI=1S/C72H75N6.3Li/c1-70(2,3)40-49-25-31-64-61(37-49)55-16-10-13-19-58(55)67-73-52(43-76(64)67)28-22-46-34-47(23-29-53-44-77-65-32-26-50(41-71(4,5)6)38-62(65)56-17-11-14-20-59(56)68(77)74-53)36-48(35-46)24-30-54-45-78-66-33-27-51(42-72(7,8)9)39-63(66)57-18-12-15-21-60(57)69(78)75-54;;;/h10-18,25-27,31-33,37-39,43-48H,22-24,28-30,34-36,40-42H2,1-9H3;;;/q-3;3*+1. The predicted octanol–water partition coefficient (Wildman–Crippen LogP) is 8.96. The second kappa shape index (κ2) is 23.1. The van der Waals surface area contributed by atoms with Crippen LogP contribution in [0.4, 0.5) is 0 Å². The minimum Gasteiger partial charge on any atom is -0.340 e. The maximum atomic E-state index is 5.42. The van der Waals surface area contributed by atoms with E-state index in [9.17, 15) is 0 Å². The number of pyridine rings is 3. The number of aromatic nitrogens is 6. The molecule has 0 atom stereocenters. The summed E-state index contributed by atoms with van der Waals surface area (Å²) >= 11 is 0. The van der Waals surface area contributed by atoms with Gasteiger partial charge in [-0.25, -0.2) is 0 Å². The first-order valence-electron chi connectivity index (χ1n) is 29.1. The molecule has 13 rings (SSSR count). The summed E-state index contributed by atoms with van der Waals surface area (Å²) in [6.07, 6.45) is 20.1. The molecule has 6 nitrogen and oxygen atoms in total. The molecular weight excluding hydrogens is 970 g/mol. The van der Waals surface area contributed by atoms with Gasteiger partial charge in [0.1, 0.15) is 0 Å². The van der Waals surface area contributed by atoms with Gasteiger partial charge in [-0.05, 0) is 162 Å². The first-order chi connectivity index (χ1) is 37.4. The molecule has 9 heteroatoms. The van der Waals surface area contributed by atoms with Gasteiger partial charge in [-0.15, -0.1) is 89.0 Å². The predicted molar refractivity (Wildman–Crippen MR) is 326 cm³/mol. The Hall–Kier alpha value is -5.26. The Labute approximate surface area is 515 Å². The van der Waals surface area contributed by atoms with E-state index in [-0.39, 0.29) is 72.8 Å². The summed E-state index contributed by atoms with van der Waals surface area (Å²) in [5, 5.41) is 10.9. The van der Waals surface area contributed by atoms with Crippen LogP contribution in [0.2, 0.25) is 0 Å². The van der Waals surface area contributed by atoms with Crippen molar-refractivity contribution in [3.05, 3.63) is 180 Å². The van der Waals surface area contributed by atoms with E-state index in [1.54, 1.807) is 0 Å². The van der Waals surface area contributed by atoms with Crippen molar-refractivity contribution in [2.45, 2.75) is 139 Å². The molecule has 6 heterocycles. The summed E-state index contributed by atoms with van der Waals surface area (Å²) in [4.78, 5) is 16.3. The third-order valence-corrected chi connectivity index (χ3v) is 17.0. The van der Waals surface area contributed by atoms with Crippen LogP contribution in [-0.4, -0.2) is 28.2 Å². The van der Waals surface area contributed by atoms with Crippen LogP contribution in [0.5, 0.6) is 0 Å². The second-order valence-electron chi connectivity index (χ2n) is 27.3. The molecule has 1 aliphatic rings. The van der Waals surface area contributed by atoms with Crippen LogP contribution in [0.25, 0.3) is 82.0 Å². The van der Waals surface area contributed by atoms with Gasteiger partial charge < -0.3 is 13.2 Å². The van der Waals surface area contributed by atoms with E-state index in [0.29, 0.717) is 17.8 Å². The van der Waals surface area contributed by atoms with Crippen LogP contribution in [-0.2, 0) is 38.5 Å². The Morgan fingerprint density at radius 3 is 0.951 bits per heavy atom. The molecule has 0 bridgehead atoms. The smallest absolute Gasteiger partial charge is 0.340 e. The molecule has 0 spiro atoms. The summed E-state index contributed by atoms with van der Waals surface area (Å²) < 4.78 is 7.06. The Balaban J connectivity index is 0.00000245. The zero-order valence-corrected chi connectivity index (χ0v) is 50.5. The maximum absolute atomic E-state index is 5.42. The average Bonchev–Trinajstić information content (AvgIpc) is 4.38. The molecule has 6 aromatic carbocycles. The quantitative estimate of drug-likeness (QED) is 0.0699. The normalized spacial score (nSPS) is 16.3. The molecule has 1 fully saturated rings. The van der Waals surface area contributed by atoms with Gasteiger partial charge in [0.05, 0.1) is 16.9 Å². The Kier molecular flexibility index (Phi) is 16.8. The SMILES string of the molecule is CC(C)(C)Cc1ccc2c(c1)c1ccc[c-]c1c1nc(CCC3CC(CCc4cn5c6ccc(CC(C)(C)C)cc6c6ccc[c-]c6c5n4)CC(CCc4cn5c6ccc(CC(C)(C)C)cc6c6ccc[c-]c6c5n4)C3)cn21.[Li+].[Li+].[Li+]. The molecular formula is C72H75Li3N6. The van der Waals surface area contributed by atoms with Gasteiger partial charge in [-0.1, -0.05) is 115 Å². The zero-order chi connectivity index (χ0) is 53.7. The molecule has 12 aromatic rings. The van der Waals surface area contributed by atoms with E-state index in [0.717, 1.165) is 90.9 Å². The van der Waals surface area contributed by atoms with Crippen LogP contribution < -0.4 is 56.6 Å². The van der Waals surface area contributed by atoms with Crippen LogP contribution in [0.1, 0.15) is 135 Å². The Morgan fingerprint density at radius 1 is 0.395 bits per heavy atom. The molecule has 1 aliphatic carbocycles. The van der Waals surface area contributed by atoms with Crippen LogP contribution >= 0.6 is 0 Å². The molecule has 0 radical (unpaired) electrons. The van der Waals surface area contributed by atoms with Gasteiger partial charge in [-0.3, -0.25) is 15.0 Å². The van der Waals surface area contributed by atoms with Crippen molar-refractivity contribution in [3.8, 4) is 0 Å². The Morgan fingerprint density at radius 2 is 0.679 bits per heavy atom. The van der Waals surface area contributed by atoms with Gasteiger partial charge in [0, 0.05) is 52.2 Å². The number of imidazole rings is 3. The first-order valence-corrected chi connectivity index (χ1v) is 29.1. The number of aryl methyl sites for hydroxylation is 3. The number of benzene rings is 6. The largest absolute Gasteiger partial charge is 1.00 e. The van der Waals surface area contributed by atoms with E-state index < -0.39 is 0 Å². The van der Waals surface area contributed by atoms with Gasteiger partial charge >= 0.3 is 56.6 Å². The van der Waals surface area contributed by atoms with Gasteiger partial charge in [0.2, 0.25) is 0 Å². The third kappa shape index (κ3) is 12.1. The van der Waals surface area contributed by atoms with Crippen molar-refractivity contribution < 1.29 is 56.6 Å². The molecule has 0 aliphatic heterocycles. The number of fused-ring (bicyclic) bond motifs is 18. The minimum absolute atomic E-state index is 0. The van der Waals surface area contributed by atoms with Gasteiger partial charge in [0.15, 0.2) is 0 Å². The fraction of sp³-hybridized carbons (Fsp3) is 0.375. The van der Waals surface area contributed by atoms with Crippen molar-refractivity contribution in [1.29, 1.82) is 0 Å². The second-order valence-corrected chi connectivity index (χ2v) is 27.3. The van der Waals surface area contributed by atoms with Gasteiger partial charge in [-0.2, -0.15) is 0 Å². The van der Waals surface area contributed by atoms with Gasteiger partial charge in [0.25, 0.3) is 0 Å². The average molecular weight is 1050 g/mol. The van der Waals surface area contributed by atoms with Crippen molar-refractivity contribution in [2.24, 2.45) is 34.0 Å². The van der Waals surface area contributed by atoms with Crippen LogP contribution in [0.15, 0.2) is 128 Å². The summed E-state index contributed by atoms with van der Waals surface area (Å²) in [7, 11) is 0. The molecule has 1 saturated carbocycles. The number of rotatable bonds is 12. The Bertz CT molecular complexity index is 3830. The van der Waals surface area contributed by atoms with E-state index in [4.69, 9.17) is 15.0 Å². The summed E-state index contributed by atoms with van der Waals surface area (Å²) in [6, 6.07) is 51.3. The molecule has 0 N–H and O–H groups in total. The summed E-state index contributed by atoms with van der Waals surface area (Å²) in [6.45, 7) is 20.9. The maximum Gasteiger partial charge on any atom is 1.00 e. The van der Waals surface area contributed by atoms with Crippen molar-refractivity contribution in [1.82, 2.24) is 28.2 Å². The number of nitrogens with zero attached hydrogens (tertiary/aromatic N) is 6. The fourth-order valence-electron chi connectivity index (χ4n) is 13.9. The van der Waals surface area contributed by atoms with Crippen LogP contribution in [0, 0.1) is 52.2 Å². The summed E-state index contributed by atoms with van der Waals surface area (Å²) in [5.74, 6) is 1.82. The van der Waals surface area contributed by atoms with Crippen LogP contribution in [0.3, 0.4) is 0 Å². The molecule has 6 aromatic heterocycles. The third-order valence-electron chi connectivity index (χ3n) is 17.0. The monoisotopic (exact) mass is 1040 g/mol. The van der Waals surface area contributed by atoms with Crippen molar-refractivity contribution >= 4 is 82.0 Å². The zero-order valence-electron chi connectivity index (χ0n) is 50.5. The molecule has 0 amide bonds. The fourth-order valence-corrected chi connectivity index (χ4v) is 13.9. The van der Waals surface area contributed by atoms with E-state index in [1.165, 1.54) is 102 Å². The minimum atomic E-state index is 0. The molecule has 81 heavy (non-hydrogen) atoms. The van der Waals surface area contributed by atoms with E-state index >= 15 is 0 Å². The number of hydrogen-bond acceptors (Lipinski definition) is 3. The first kappa shape index (κ1) is 58.9. The summed E-state index contributed by atoms with van der Waals surface area (Å²) in [5.41, 5.74) is 15.0. The van der Waals surface area contributed by atoms with Crippen molar-refractivity contribution in [2.75, 3.05) is 0 Å². The number of hydrogen-bond donors (Lipinski definition) is 0. The molecule has 0 unspecified atom stereocenters. The molecule has 396 valence electrons. The molecule has 0 saturated heterocycles. The van der Waals surface area contributed by atoms with E-state index in [2.05, 4.69) is 203 Å².